The summed E-state index contributed by atoms with van der Waals surface area (Å²) < 4.78 is 59.4. The van der Waals surface area contributed by atoms with E-state index in [1.807, 2.05) is 26.2 Å². The maximum absolute atomic E-state index is 13.8. The number of benzene rings is 2. The summed E-state index contributed by atoms with van der Waals surface area (Å²) in [7, 11) is 1.76. The van der Waals surface area contributed by atoms with Gasteiger partial charge in [0.1, 0.15) is 5.75 Å². The summed E-state index contributed by atoms with van der Waals surface area (Å²) in [6, 6.07) is 9.14. The SMILES string of the molecule is COc1ccc2c(CCN(C)C)cn([P@@]3(=O)OCCC(c4ccc(F)c(F)c4)O3)c2c1. The first-order valence-electron chi connectivity index (χ1n) is 10.0. The van der Waals surface area contributed by atoms with Crippen molar-refractivity contribution >= 4 is 18.6 Å². The molecule has 0 radical (unpaired) electrons. The first-order valence-corrected chi connectivity index (χ1v) is 11.5. The van der Waals surface area contributed by atoms with E-state index in [-0.39, 0.29) is 6.61 Å². The first kappa shape index (κ1) is 22.0. The third-order valence-corrected chi connectivity index (χ3v) is 7.27. The number of aromatic nitrogens is 1. The van der Waals surface area contributed by atoms with Gasteiger partial charge in [-0.15, -0.1) is 0 Å². The molecule has 1 aliphatic heterocycles. The molecule has 1 saturated heterocycles. The Morgan fingerprint density at radius 2 is 2.00 bits per heavy atom. The molecule has 4 rings (SSSR count). The molecule has 9 heteroatoms. The topological polar surface area (TPSA) is 52.9 Å². The van der Waals surface area contributed by atoms with E-state index in [0.717, 1.165) is 36.0 Å². The fraction of sp³-hybridized carbons (Fsp3) is 0.364. The molecule has 31 heavy (non-hydrogen) atoms. The van der Waals surface area contributed by atoms with E-state index < -0.39 is 25.5 Å². The number of halogens is 2. The Hall–Kier alpha value is -2.25. The molecule has 3 aromatic rings. The van der Waals surface area contributed by atoms with Crippen LogP contribution in [0, 0.1) is 11.6 Å². The normalized spacial score (nSPS) is 21.7. The summed E-state index contributed by atoms with van der Waals surface area (Å²) >= 11 is 0. The zero-order chi connectivity index (χ0) is 22.2. The van der Waals surface area contributed by atoms with Gasteiger partial charge in [-0.05, 0) is 55.9 Å². The summed E-state index contributed by atoms with van der Waals surface area (Å²) in [4.78, 5) is 2.07. The van der Waals surface area contributed by atoms with Gasteiger partial charge in [-0.1, -0.05) is 6.07 Å². The quantitative estimate of drug-likeness (QED) is 0.485. The van der Waals surface area contributed by atoms with Crippen molar-refractivity contribution in [3.63, 3.8) is 0 Å². The lowest BCUT2D eigenvalue weighted by Gasteiger charge is -2.30. The minimum absolute atomic E-state index is 0.164. The van der Waals surface area contributed by atoms with Crippen LogP contribution in [0.2, 0.25) is 0 Å². The molecule has 0 N–H and O–H groups in total. The second-order valence-corrected chi connectivity index (χ2v) is 9.63. The summed E-state index contributed by atoms with van der Waals surface area (Å²) in [6.45, 7) is 0.978. The van der Waals surface area contributed by atoms with E-state index in [0.29, 0.717) is 23.3 Å². The van der Waals surface area contributed by atoms with Crippen molar-refractivity contribution in [2.75, 3.05) is 34.4 Å². The molecule has 6 nitrogen and oxygen atoms in total. The van der Waals surface area contributed by atoms with Gasteiger partial charge < -0.3 is 9.64 Å². The minimum Gasteiger partial charge on any atom is -0.497 e. The molecule has 2 aromatic carbocycles. The lowest BCUT2D eigenvalue weighted by molar-refractivity contribution is 0.0769. The summed E-state index contributed by atoms with van der Waals surface area (Å²) in [5.41, 5.74) is 2.09. The number of ether oxygens (including phenoxy) is 1. The van der Waals surface area contributed by atoms with Crippen LogP contribution in [-0.2, 0) is 20.0 Å². The Morgan fingerprint density at radius 1 is 1.19 bits per heavy atom. The van der Waals surface area contributed by atoms with Crippen LogP contribution in [-0.4, -0.2) is 43.6 Å². The number of rotatable bonds is 6. The van der Waals surface area contributed by atoms with Crippen LogP contribution >= 0.6 is 7.75 Å². The standard InChI is InChI=1S/C22H25F2N2O4P/c1-25(2)10-8-16-14-26(21-13-17(28-3)5-6-18(16)21)31(27)29-11-9-22(30-31)15-4-7-19(23)20(24)12-15/h4-7,12-14,22H,8-11H2,1-3H3/t22?,31-/m1/s1. The van der Waals surface area contributed by atoms with Crippen LogP contribution in [0.5, 0.6) is 5.75 Å². The predicted molar refractivity (Wildman–Crippen MR) is 115 cm³/mol. The van der Waals surface area contributed by atoms with Crippen molar-refractivity contribution in [1.29, 1.82) is 0 Å². The van der Waals surface area contributed by atoms with Crippen LogP contribution in [0.3, 0.4) is 0 Å². The van der Waals surface area contributed by atoms with Crippen LogP contribution < -0.4 is 4.74 Å². The Balaban J connectivity index is 1.74. The van der Waals surface area contributed by atoms with Gasteiger partial charge in [0.2, 0.25) is 0 Å². The molecule has 1 aliphatic rings. The molecule has 0 bridgehead atoms. The number of likely N-dealkylation sites (N-methyl/N-ethyl adjacent to an activating group) is 1. The van der Waals surface area contributed by atoms with Gasteiger partial charge in [0, 0.05) is 30.6 Å². The summed E-state index contributed by atoms with van der Waals surface area (Å²) in [5, 5.41) is 0.931. The van der Waals surface area contributed by atoms with E-state index in [9.17, 15) is 13.3 Å². The van der Waals surface area contributed by atoms with Crippen LogP contribution in [0.25, 0.3) is 10.9 Å². The predicted octanol–water partition coefficient (Wildman–Crippen LogP) is 5.17. The van der Waals surface area contributed by atoms with E-state index in [2.05, 4.69) is 4.90 Å². The molecule has 1 aromatic heterocycles. The van der Waals surface area contributed by atoms with Crippen LogP contribution in [0.4, 0.5) is 8.78 Å². The van der Waals surface area contributed by atoms with Crippen LogP contribution in [0.1, 0.15) is 23.7 Å². The molecule has 1 fully saturated rings. The summed E-state index contributed by atoms with van der Waals surface area (Å²) in [6.07, 6.45) is 2.24. The average Bonchev–Trinajstić information content (AvgIpc) is 3.13. The Labute approximate surface area is 179 Å². The van der Waals surface area contributed by atoms with E-state index in [4.69, 9.17) is 13.8 Å². The van der Waals surface area contributed by atoms with E-state index in [1.54, 1.807) is 19.4 Å². The van der Waals surface area contributed by atoms with E-state index >= 15 is 0 Å². The Morgan fingerprint density at radius 3 is 2.71 bits per heavy atom. The van der Waals surface area contributed by atoms with Crippen molar-refractivity contribution < 1.29 is 27.1 Å². The number of hydrogen-bond acceptors (Lipinski definition) is 5. The fourth-order valence-electron chi connectivity index (χ4n) is 3.70. The molecule has 0 saturated carbocycles. The Bertz CT molecular complexity index is 1150. The molecule has 2 atom stereocenters. The van der Waals surface area contributed by atoms with Gasteiger partial charge in [-0.2, -0.15) is 0 Å². The molecular weight excluding hydrogens is 425 g/mol. The van der Waals surface area contributed by atoms with Crippen molar-refractivity contribution in [3.05, 3.63) is 65.4 Å². The maximum atomic E-state index is 13.8. The highest BCUT2D eigenvalue weighted by Gasteiger charge is 2.38. The monoisotopic (exact) mass is 450 g/mol. The number of nitrogens with zero attached hydrogens (tertiary/aromatic N) is 2. The zero-order valence-electron chi connectivity index (χ0n) is 17.7. The molecule has 0 aliphatic carbocycles. The molecule has 1 unspecified atom stereocenters. The smallest absolute Gasteiger partial charge is 0.439 e. The molecular formula is C22H25F2N2O4P. The number of fused-ring (bicyclic) bond motifs is 1. The van der Waals surface area contributed by atoms with Gasteiger partial charge in [0.15, 0.2) is 11.6 Å². The highest BCUT2D eigenvalue weighted by atomic mass is 31.2. The largest absolute Gasteiger partial charge is 0.497 e. The molecule has 0 amide bonds. The average molecular weight is 450 g/mol. The lowest BCUT2D eigenvalue weighted by Crippen LogP contribution is -2.17. The highest BCUT2D eigenvalue weighted by Crippen LogP contribution is 2.58. The second kappa shape index (κ2) is 8.71. The number of methoxy groups -OCH3 is 1. The van der Waals surface area contributed by atoms with Gasteiger partial charge in [0.05, 0.1) is 25.3 Å². The van der Waals surface area contributed by atoms with E-state index in [1.165, 1.54) is 10.4 Å². The zero-order valence-corrected chi connectivity index (χ0v) is 18.6. The highest BCUT2D eigenvalue weighted by molar-refractivity contribution is 7.52. The third-order valence-electron chi connectivity index (χ3n) is 5.38. The lowest BCUT2D eigenvalue weighted by atomic mass is 10.1. The molecule has 166 valence electrons. The first-order chi connectivity index (χ1) is 14.8. The minimum atomic E-state index is -3.79. The van der Waals surface area contributed by atoms with Crippen molar-refractivity contribution in [2.24, 2.45) is 0 Å². The van der Waals surface area contributed by atoms with Crippen molar-refractivity contribution in [2.45, 2.75) is 18.9 Å². The molecule has 0 spiro atoms. The van der Waals surface area contributed by atoms with Gasteiger partial charge in [-0.3, -0.25) is 13.4 Å². The Kier molecular flexibility index (Phi) is 6.17. The molecule has 2 heterocycles. The van der Waals surface area contributed by atoms with Gasteiger partial charge in [0.25, 0.3) is 0 Å². The van der Waals surface area contributed by atoms with Crippen molar-refractivity contribution in [1.82, 2.24) is 9.24 Å². The third kappa shape index (κ3) is 4.39. The van der Waals surface area contributed by atoms with Crippen LogP contribution in [0.15, 0.2) is 42.6 Å². The van der Waals surface area contributed by atoms with Gasteiger partial charge >= 0.3 is 7.75 Å². The number of hydrogen-bond donors (Lipinski definition) is 0. The maximum Gasteiger partial charge on any atom is 0.439 e. The fourth-order valence-corrected chi connectivity index (χ4v) is 5.59. The summed E-state index contributed by atoms with van der Waals surface area (Å²) in [5.74, 6) is -1.29. The second-order valence-electron chi connectivity index (χ2n) is 7.79. The van der Waals surface area contributed by atoms with Crippen molar-refractivity contribution in [3.8, 4) is 5.75 Å². The van der Waals surface area contributed by atoms with Gasteiger partial charge in [-0.25, -0.2) is 13.3 Å².